The summed E-state index contributed by atoms with van der Waals surface area (Å²) >= 11 is 0. The molecule has 0 bridgehead atoms. The first-order valence-corrected chi connectivity index (χ1v) is 7.45. The van der Waals surface area contributed by atoms with E-state index in [0.29, 0.717) is 19.5 Å². The topological polar surface area (TPSA) is 69.6 Å². The zero-order valence-corrected chi connectivity index (χ0v) is 12.3. The monoisotopic (exact) mass is 290 g/mol. The number of carboxylic acid groups (broad SMARTS) is 1. The third-order valence-electron chi connectivity index (χ3n) is 3.97. The molecule has 2 N–H and O–H groups in total. The van der Waals surface area contributed by atoms with Gasteiger partial charge < -0.3 is 15.3 Å². The standard InChI is InChI=1S/C16H22N2O3/c1-2-14(12-7-4-3-5-8-12)17-16(21)18-10-6-9-13(11-18)15(19)20/h3-5,7-8,13-14H,2,6,9-11H2,1H3,(H,17,21)(H,19,20)/t13-,14?/m0/s1. The second-order valence-corrected chi connectivity index (χ2v) is 5.44. The second kappa shape index (κ2) is 7.11. The van der Waals surface area contributed by atoms with Crippen molar-refractivity contribution in [2.24, 2.45) is 5.92 Å². The normalized spacial score (nSPS) is 19.9. The van der Waals surface area contributed by atoms with Crippen molar-refractivity contribution in [1.82, 2.24) is 10.2 Å². The van der Waals surface area contributed by atoms with E-state index in [1.54, 1.807) is 4.90 Å². The predicted octanol–water partition coefficient (Wildman–Crippen LogP) is 2.64. The SMILES string of the molecule is CCC(NC(=O)N1CCC[C@H](C(=O)O)C1)c1ccccc1. The number of piperidine rings is 1. The zero-order valence-electron chi connectivity index (χ0n) is 12.3. The summed E-state index contributed by atoms with van der Waals surface area (Å²) in [4.78, 5) is 25.0. The molecular formula is C16H22N2O3. The molecule has 1 aliphatic heterocycles. The van der Waals surface area contributed by atoms with Crippen LogP contribution >= 0.6 is 0 Å². The molecule has 2 rings (SSSR count). The summed E-state index contributed by atoms with van der Waals surface area (Å²) in [7, 11) is 0. The fraction of sp³-hybridized carbons (Fsp3) is 0.500. The highest BCUT2D eigenvalue weighted by molar-refractivity contribution is 5.77. The molecule has 1 saturated heterocycles. The fourth-order valence-electron chi connectivity index (χ4n) is 2.71. The summed E-state index contributed by atoms with van der Waals surface area (Å²) in [5.41, 5.74) is 1.07. The molecule has 1 heterocycles. The van der Waals surface area contributed by atoms with E-state index in [2.05, 4.69) is 5.32 Å². The van der Waals surface area contributed by atoms with Crippen LogP contribution in [0.25, 0.3) is 0 Å². The summed E-state index contributed by atoms with van der Waals surface area (Å²) in [6.07, 6.45) is 2.19. The van der Waals surface area contributed by atoms with Crippen LogP contribution in [0.2, 0.25) is 0 Å². The van der Waals surface area contributed by atoms with Crippen molar-refractivity contribution in [2.45, 2.75) is 32.2 Å². The van der Waals surface area contributed by atoms with Crippen LogP contribution in [0.4, 0.5) is 4.79 Å². The van der Waals surface area contributed by atoms with Crippen LogP contribution in [0.15, 0.2) is 30.3 Å². The summed E-state index contributed by atoms with van der Waals surface area (Å²) in [5.74, 6) is -1.26. The lowest BCUT2D eigenvalue weighted by atomic mass is 9.98. The first-order valence-electron chi connectivity index (χ1n) is 7.45. The van der Waals surface area contributed by atoms with Gasteiger partial charge in [0.2, 0.25) is 0 Å². The molecule has 1 unspecified atom stereocenters. The summed E-state index contributed by atoms with van der Waals surface area (Å²) in [5, 5.41) is 12.1. The van der Waals surface area contributed by atoms with Crippen LogP contribution in [-0.4, -0.2) is 35.1 Å². The summed E-state index contributed by atoms with van der Waals surface area (Å²) in [6.45, 7) is 2.95. The van der Waals surface area contributed by atoms with Crippen molar-refractivity contribution in [3.05, 3.63) is 35.9 Å². The Morgan fingerprint density at radius 1 is 1.38 bits per heavy atom. The molecule has 0 aromatic heterocycles. The van der Waals surface area contributed by atoms with Crippen LogP contribution in [0.1, 0.15) is 37.8 Å². The van der Waals surface area contributed by atoms with E-state index >= 15 is 0 Å². The Kier molecular flexibility index (Phi) is 5.20. The van der Waals surface area contributed by atoms with Crippen LogP contribution in [0, 0.1) is 5.92 Å². The van der Waals surface area contributed by atoms with Crippen molar-refractivity contribution < 1.29 is 14.7 Å². The van der Waals surface area contributed by atoms with E-state index in [1.807, 2.05) is 37.3 Å². The van der Waals surface area contributed by atoms with E-state index in [-0.39, 0.29) is 12.1 Å². The highest BCUT2D eigenvalue weighted by Crippen LogP contribution is 2.19. The maximum atomic E-state index is 12.3. The van der Waals surface area contributed by atoms with E-state index in [4.69, 9.17) is 5.11 Å². The minimum absolute atomic E-state index is 0.0381. The molecular weight excluding hydrogens is 268 g/mol. The van der Waals surface area contributed by atoms with Crippen molar-refractivity contribution in [3.63, 3.8) is 0 Å². The average Bonchev–Trinajstić information content (AvgIpc) is 2.53. The maximum Gasteiger partial charge on any atom is 0.317 e. The third-order valence-corrected chi connectivity index (χ3v) is 3.97. The van der Waals surface area contributed by atoms with Gasteiger partial charge in [-0.2, -0.15) is 0 Å². The number of hydrogen-bond acceptors (Lipinski definition) is 2. The Morgan fingerprint density at radius 2 is 2.10 bits per heavy atom. The van der Waals surface area contributed by atoms with Gasteiger partial charge >= 0.3 is 12.0 Å². The Balaban J connectivity index is 1.98. The number of benzene rings is 1. The molecule has 0 saturated carbocycles. The number of nitrogens with zero attached hydrogens (tertiary/aromatic N) is 1. The number of rotatable bonds is 4. The molecule has 0 spiro atoms. The number of carbonyl (C=O) groups excluding carboxylic acids is 1. The van der Waals surface area contributed by atoms with Crippen molar-refractivity contribution in [3.8, 4) is 0 Å². The Hall–Kier alpha value is -2.04. The lowest BCUT2D eigenvalue weighted by Gasteiger charge is -2.32. The molecule has 2 atom stereocenters. The highest BCUT2D eigenvalue weighted by atomic mass is 16.4. The van der Waals surface area contributed by atoms with E-state index in [0.717, 1.165) is 18.4 Å². The minimum atomic E-state index is -0.817. The lowest BCUT2D eigenvalue weighted by Crippen LogP contribution is -2.47. The Bertz CT molecular complexity index is 490. The lowest BCUT2D eigenvalue weighted by molar-refractivity contribution is -0.143. The van der Waals surface area contributed by atoms with Gasteiger partial charge in [-0.1, -0.05) is 37.3 Å². The quantitative estimate of drug-likeness (QED) is 0.895. The molecule has 1 aliphatic rings. The van der Waals surface area contributed by atoms with Gasteiger partial charge in [0.25, 0.3) is 0 Å². The third kappa shape index (κ3) is 3.97. The number of carboxylic acids is 1. The van der Waals surface area contributed by atoms with Crippen molar-refractivity contribution >= 4 is 12.0 Å². The largest absolute Gasteiger partial charge is 0.481 e. The van der Waals surface area contributed by atoms with E-state index in [1.165, 1.54) is 0 Å². The second-order valence-electron chi connectivity index (χ2n) is 5.44. The molecule has 2 amide bonds. The molecule has 0 aliphatic carbocycles. The van der Waals surface area contributed by atoms with Gasteiger partial charge in [-0.05, 0) is 24.8 Å². The molecule has 0 radical (unpaired) electrons. The number of likely N-dealkylation sites (tertiary alicyclic amines) is 1. The minimum Gasteiger partial charge on any atom is -0.481 e. The molecule has 5 nitrogen and oxygen atoms in total. The van der Waals surface area contributed by atoms with Crippen LogP contribution in [0.3, 0.4) is 0 Å². The van der Waals surface area contributed by atoms with E-state index < -0.39 is 11.9 Å². The molecule has 5 heteroatoms. The van der Waals surface area contributed by atoms with Gasteiger partial charge in [0, 0.05) is 13.1 Å². The number of aliphatic carboxylic acids is 1. The predicted molar refractivity (Wildman–Crippen MR) is 79.9 cm³/mol. The van der Waals surface area contributed by atoms with Crippen LogP contribution in [-0.2, 0) is 4.79 Å². The van der Waals surface area contributed by atoms with Crippen molar-refractivity contribution in [2.75, 3.05) is 13.1 Å². The molecule has 1 aromatic rings. The van der Waals surface area contributed by atoms with Crippen LogP contribution < -0.4 is 5.32 Å². The van der Waals surface area contributed by atoms with Gasteiger partial charge in [0.15, 0.2) is 0 Å². The Labute approximate surface area is 125 Å². The van der Waals surface area contributed by atoms with Gasteiger partial charge in [0.1, 0.15) is 0 Å². The number of amides is 2. The van der Waals surface area contributed by atoms with Gasteiger partial charge in [-0.15, -0.1) is 0 Å². The number of carbonyl (C=O) groups is 2. The maximum absolute atomic E-state index is 12.3. The summed E-state index contributed by atoms with van der Waals surface area (Å²) in [6, 6.07) is 9.62. The molecule has 114 valence electrons. The summed E-state index contributed by atoms with van der Waals surface area (Å²) < 4.78 is 0. The smallest absolute Gasteiger partial charge is 0.317 e. The van der Waals surface area contributed by atoms with Crippen molar-refractivity contribution in [1.29, 1.82) is 0 Å². The van der Waals surface area contributed by atoms with Gasteiger partial charge in [0.05, 0.1) is 12.0 Å². The van der Waals surface area contributed by atoms with Crippen LogP contribution in [0.5, 0.6) is 0 Å². The zero-order chi connectivity index (χ0) is 15.2. The van der Waals surface area contributed by atoms with E-state index in [9.17, 15) is 9.59 Å². The fourth-order valence-corrected chi connectivity index (χ4v) is 2.71. The highest BCUT2D eigenvalue weighted by Gasteiger charge is 2.28. The number of nitrogens with one attached hydrogen (secondary N) is 1. The van der Waals surface area contributed by atoms with Gasteiger partial charge in [-0.3, -0.25) is 4.79 Å². The average molecular weight is 290 g/mol. The Morgan fingerprint density at radius 3 is 2.71 bits per heavy atom. The molecule has 21 heavy (non-hydrogen) atoms. The number of hydrogen-bond donors (Lipinski definition) is 2. The molecule has 1 fully saturated rings. The molecule has 1 aromatic carbocycles. The number of urea groups is 1. The first-order chi connectivity index (χ1) is 10.1. The first kappa shape index (κ1) is 15.4. The van der Waals surface area contributed by atoms with Gasteiger partial charge in [-0.25, -0.2) is 4.79 Å².